The number of nitrogens with zero attached hydrogens (tertiary/aromatic N) is 1. The van der Waals surface area contributed by atoms with Gasteiger partial charge in [-0.25, -0.2) is 4.79 Å². The first-order chi connectivity index (χ1) is 13.6. The molecule has 0 unspecified atom stereocenters. The second-order valence-corrected chi connectivity index (χ2v) is 6.87. The highest BCUT2D eigenvalue weighted by Crippen LogP contribution is 2.21. The first-order valence-corrected chi connectivity index (χ1v) is 9.73. The van der Waals surface area contributed by atoms with Gasteiger partial charge < -0.3 is 20.3 Å². The number of nitrogens with one attached hydrogen (secondary N) is 2. The Balaban J connectivity index is 1.47. The van der Waals surface area contributed by atoms with Gasteiger partial charge in [-0.05, 0) is 55.7 Å². The summed E-state index contributed by atoms with van der Waals surface area (Å²) in [7, 11) is 0. The number of carbonyl (C=O) groups is 2. The van der Waals surface area contributed by atoms with Crippen LogP contribution in [-0.2, 0) is 11.3 Å². The van der Waals surface area contributed by atoms with Crippen LogP contribution in [0.3, 0.4) is 0 Å². The molecule has 0 radical (unpaired) electrons. The van der Waals surface area contributed by atoms with E-state index in [-0.39, 0.29) is 18.0 Å². The van der Waals surface area contributed by atoms with E-state index in [9.17, 15) is 9.59 Å². The second kappa shape index (κ2) is 9.26. The Kier molecular flexibility index (Phi) is 6.53. The van der Waals surface area contributed by atoms with E-state index in [0.29, 0.717) is 19.6 Å². The molecular formula is C22H27N3O3. The average Bonchev–Trinajstić information content (AvgIpc) is 3.13. The molecule has 2 aromatic rings. The smallest absolute Gasteiger partial charge is 0.315 e. The van der Waals surface area contributed by atoms with Crippen molar-refractivity contribution in [2.24, 2.45) is 0 Å². The quantitative estimate of drug-likeness (QED) is 0.767. The monoisotopic (exact) mass is 381 g/mol. The number of ether oxygens (including phenoxy) is 1. The highest BCUT2D eigenvalue weighted by atomic mass is 16.5. The first kappa shape index (κ1) is 19.7. The van der Waals surface area contributed by atoms with Crippen LogP contribution in [0.4, 0.5) is 10.5 Å². The van der Waals surface area contributed by atoms with Gasteiger partial charge in [-0.1, -0.05) is 24.3 Å². The summed E-state index contributed by atoms with van der Waals surface area (Å²) in [5.74, 6) is 0.996. The largest absolute Gasteiger partial charge is 0.494 e. The molecule has 0 aliphatic carbocycles. The zero-order valence-corrected chi connectivity index (χ0v) is 16.4. The Hall–Kier alpha value is -3.02. The molecule has 2 aromatic carbocycles. The van der Waals surface area contributed by atoms with Crippen LogP contribution >= 0.6 is 0 Å². The number of hydrogen-bond acceptors (Lipinski definition) is 3. The van der Waals surface area contributed by atoms with Crippen molar-refractivity contribution in [2.45, 2.75) is 39.3 Å². The predicted molar refractivity (Wildman–Crippen MR) is 109 cm³/mol. The van der Waals surface area contributed by atoms with E-state index in [0.717, 1.165) is 35.5 Å². The predicted octanol–water partition coefficient (Wildman–Crippen LogP) is 3.77. The van der Waals surface area contributed by atoms with E-state index in [2.05, 4.69) is 10.6 Å². The lowest BCUT2D eigenvalue weighted by molar-refractivity contribution is -0.117. The van der Waals surface area contributed by atoms with Crippen molar-refractivity contribution in [1.29, 1.82) is 0 Å². The average molecular weight is 381 g/mol. The molecule has 1 atom stereocenters. The Morgan fingerprint density at radius 1 is 1.14 bits per heavy atom. The molecule has 1 heterocycles. The van der Waals surface area contributed by atoms with E-state index in [1.807, 2.05) is 67.3 Å². The van der Waals surface area contributed by atoms with Gasteiger partial charge in [0.15, 0.2) is 0 Å². The fourth-order valence-corrected chi connectivity index (χ4v) is 3.25. The fraction of sp³-hybridized carbons (Fsp3) is 0.364. The Morgan fingerprint density at radius 2 is 1.86 bits per heavy atom. The molecule has 0 saturated carbocycles. The van der Waals surface area contributed by atoms with Gasteiger partial charge in [-0.2, -0.15) is 0 Å². The number of hydrogen-bond donors (Lipinski definition) is 2. The van der Waals surface area contributed by atoms with Gasteiger partial charge in [0.05, 0.1) is 12.6 Å². The van der Waals surface area contributed by atoms with E-state index >= 15 is 0 Å². The topological polar surface area (TPSA) is 70.7 Å². The molecule has 1 saturated heterocycles. The molecule has 3 amide bonds. The summed E-state index contributed by atoms with van der Waals surface area (Å²) in [5.41, 5.74) is 2.91. The molecule has 0 aromatic heterocycles. The minimum Gasteiger partial charge on any atom is -0.494 e. The van der Waals surface area contributed by atoms with Crippen LogP contribution in [-0.4, -0.2) is 25.1 Å². The summed E-state index contributed by atoms with van der Waals surface area (Å²) in [6.45, 7) is 5.72. The van der Waals surface area contributed by atoms with Gasteiger partial charge in [0.2, 0.25) is 5.91 Å². The lowest BCUT2D eigenvalue weighted by atomic mass is 10.1. The number of anilines is 1. The fourth-order valence-electron chi connectivity index (χ4n) is 3.25. The third-order valence-electron chi connectivity index (χ3n) is 4.81. The van der Waals surface area contributed by atoms with Crippen molar-refractivity contribution in [1.82, 2.24) is 10.6 Å². The molecule has 148 valence electrons. The summed E-state index contributed by atoms with van der Waals surface area (Å²) < 4.78 is 5.43. The SMILES string of the molecule is CCOc1ccc([C@@H](C)NC(=O)NCc2ccc(N3CCCC3=O)cc2)cc1. The second-order valence-electron chi connectivity index (χ2n) is 6.87. The van der Waals surface area contributed by atoms with E-state index in [1.165, 1.54) is 0 Å². The van der Waals surface area contributed by atoms with E-state index in [1.54, 1.807) is 0 Å². The van der Waals surface area contributed by atoms with Gasteiger partial charge in [0.1, 0.15) is 5.75 Å². The van der Waals surface area contributed by atoms with Gasteiger partial charge in [0, 0.05) is 25.2 Å². The number of benzene rings is 2. The van der Waals surface area contributed by atoms with Crippen molar-refractivity contribution in [3.63, 3.8) is 0 Å². The van der Waals surface area contributed by atoms with Crippen molar-refractivity contribution in [3.8, 4) is 5.75 Å². The molecule has 0 bridgehead atoms. The molecule has 1 fully saturated rings. The molecule has 1 aliphatic heterocycles. The number of rotatable bonds is 7. The van der Waals surface area contributed by atoms with E-state index < -0.39 is 0 Å². The third-order valence-corrected chi connectivity index (χ3v) is 4.81. The maximum atomic E-state index is 12.2. The van der Waals surface area contributed by atoms with Crippen LogP contribution in [0.15, 0.2) is 48.5 Å². The highest BCUT2D eigenvalue weighted by molar-refractivity contribution is 5.95. The maximum absolute atomic E-state index is 12.2. The van der Waals surface area contributed by atoms with Crippen molar-refractivity contribution < 1.29 is 14.3 Å². The van der Waals surface area contributed by atoms with Crippen LogP contribution in [0.5, 0.6) is 5.75 Å². The minimum atomic E-state index is -0.222. The summed E-state index contributed by atoms with van der Waals surface area (Å²) in [4.78, 5) is 25.8. The zero-order valence-electron chi connectivity index (χ0n) is 16.4. The lowest BCUT2D eigenvalue weighted by Gasteiger charge is -2.17. The zero-order chi connectivity index (χ0) is 19.9. The molecule has 1 aliphatic rings. The Bertz CT molecular complexity index is 803. The number of amides is 3. The summed E-state index contributed by atoms with van der Waals surface area (Å²) in [5, 5.41) is 5.81. The summed E-state index contributed by atoms with van der Waals surface area (Å²) >= 11 is 0. The molecule has 3 rings (SSSR count). The van der Waals surface area contributed by atoms with Gasteiger partial charge in [0.25, 0.3) is 0 Å². The van der Waals surface area contributed by atoms with E-state index in [4.69, 9.17) is 4.74 Å². The normalized spacial score (nSPS) is 14.6. The van der Waals surface area contributed by atoms with Crippen molar-refractivity contribution in [2.75, 3.05) is 18.1 Å². The maximum Gasteiger partial charge on any atom is 0.315 e. The number of carbonyl (C=O) groups excluding carboxylic acids is 2. The van der Waals surface area contributed by atoms with Crippen LogP contribution < -0.4 is 20.3 Å². The highest BCUT2D eigenvalue weighted by Gasteiger charge is 2.21. The molecule has 6 heteroatoms. The Labute approximate surface area is 165 Å². The van der Waals surface area contributed by atoms with Crippen LogP contribution in [0.2, 0.25) is 0 Å². The third kappa shape index (κ3) is 5.03. The molecule has 2 N–H and O–H groups in total. The van der Waals surface area contributed by atoms with Gasteiger partial charge in [-0.3, -0.25) is 4.79 Å². The van der Waals surface area contributed by atoms with Crippen LogP contribution in [0.25, 0.3) is 0 Å². The Morgan fingerprint density at radius 3 is 2.46 bits per heavy atom. The standard InChI is InChI=1S/C22H27N3O3/c1-3-28-20-12-8-18(9-13-20)16(2)24-22(27)23-15-17-6-10-19(11-7-17)25-14-4-5-21(25)26/h6-13,16H,3-5,14-15H2,1-2H3,(H2,23,24,27)/t16-/m1/s1. The van der Waals surface area contributed by atoms with Gasteiger partial charge in [-0.15, -0.1) is 0 Å². The summed E-state index contributed by atoms with van der Waals surface area (Å²) in [6.07, 6.45) is 1.53. The van der Waals surface area contributed by atoms with Crippen LogP contribution in [0, 0.1) is 0 Å². The lowest BCUT2D eigenvalue weighted by Crippen LogP contribution is -2.36. The molecule has 6 nitrogen and oxygen atoms in total. The van der Waals surface area contributed by atoms with Crippen molar-refractivity contribution in [3.05, 3.63) is 59.7 Å². The van der Waals surface area contributed by atoms with Crippen molar-refractivity contribution >= 4 is 17.6 Å². The number of urea groups is 1. The first-order valence-electron chi connectivity index (χ1n) is 9.73. The summed E-state index contributed by atoms with van der Waals surface area (Å²) in [6, 6.07) is 15.1. The van der Waals surface area contributed by atoms with Gasteiger partial charge >= 0.3 is 6.03 Å². The molecular weight excluding hydrogens is 354 g/mol. The minimum absolute atomic E-state index is 0.112. The molecule has 0 spiro atoms. The van der Waals surface area contributed by atoms with Crippen LogP contribution in [0.1, 0.15) is 43.9 Å². The molecule has 28 heavy (non-hydrogen) atoms.